The second kappa shape index (κ2) is 4.03. The molecule has 2 rings (SSSR count). The summed E-state index contributed by atoms with van der Waals surface area (Å²) in [6.45, 7) is 2.25. The molecule has 3 N–H and O–H groups in total. The Hall–Kier alpha value is -0.670. The lowest BCUT2D eigenvalue weighted by Gasteiger charge is -2.09. The molecule has 1 fully saturated rings. The lowest BCUT2D eigenvalue weighted by Crippen LogP contribution is -2.10. The zero-order chi connectivity index (χ0) is 9.10. The Morgan fingerprint density at radius 3 is 2.92 bits per heavy atom. The molecule has 1 aliphatic rings. The molecule has 13 heavy (non-hydrogen) atoms. The fourth-order valence-electron chi connectivity index (χ4n) is 1.50. The van der Waals surface area contributed by atoms with Gasteiger partial charge in [-0.25, -0.2) is 0 Å². The van der Waals surface area contributed by atoms with Crippen molar-refractivity contribution in [1.29, 1.82) is 0 Å². The van der Waals surface area contributed by atoms with Gasteiger partial charge in [-0.3, -0.25) is 0 Å². The van der Waals surface area contributed by atoms with Crippen LogP contribution in [0.15, 0.2) is 29.2 Å². The highest BCUT2D eigenvalue weighted by molar-refractivity contribution is 8.00. The Labute approximate surface area is 82.9 Å². The van der Waals surface area contributed by atoms with E-state index >= 15 is 0 Å². The normalized spacial score (nSPS) is 22.0. The van der Waals surface area contributed by atoms with Crippen molar-refractivity contribution in [3.63, 3.8) is 0 Å². The second-order valence-electron chi connectivity index (χ2n) is 3.27. The molecule has 0 bridgehead atoms. The van der Waals surface area contributed by atoms with E-state index in [4.69, 9.17) is 5.73 Å². The van der Waals surface area contributed by atoms with Crippen molar-refractivity contribution in [3.05, 3.63) is 24.3 Å². The molecule has 1 atom stereocenters. The summed E-state index contributed by atoms with van der Waals surface area (Å²) >= 11 is 1.89. The van der Waals surface area contributed by atoms with Gasteiger partial charge in [-0.1, -0.05) is 12.1 Å². The minimum absolute atomic E-state index is 0.699. The number of thioether (sulfide) groups is 1. The van der Waals surface area contributed by atoms with Gasteiger partial charge in [0.2, 0.25) is 0 Å². The monoisotopic (exact) mass is 194 g/mol. The van der Waals surface area contributed by atoms with Crippen LogP contribution < -0.4 is 11.1 Å². The average molecular weight is 194 g/mol. The fourth-order valence-corrected chi connectivity index (χ4v) is 2.65. The molecule has 1 aliphatic heterocycles. The summed E-state index contributed by atoms with van der Waals surface area (Å²) in [5.74, 6) is 0. The van der Waals surface area contributed by atoms with Crippen LogP contribution in [-0.2, 0) is 0 Å². The van der Waals surface area contributed by atoms with Crippen LogP contribution in [0.5, 0.6) is 0 Å². The van der Waals surface area contributed by atoms with Crippen LogP contribution in [0.4, 0.5) is 5.69 Å². The van der Waals surface area contributed by atoms with Gasteiger partial charge in [-0.15, -0.1) is 11.8 Å². The number of para-hydroxylation sites is 1. The maximum Gasteiger partial charge on any atom is 0.0452 e. The Morgan fingerprint density at radius 2 is 2.23 bits per heavy atom. The lowest BCUT2D eigenvalue weighted by molar-refractivity contribution is 0.858. The minimum atomic E-state index is 0.699. The molecule has 1 unspecified atom stereocenters. The quantitative estimate of drug-likeness (QED) is 0.704. The number of rotatable bonds is 2. The molecule has 0 spiro atoms. The first-order chi connectivity index (χ1) is 6.36. The molecule has 1 aromatic carbocycles. The molecule has 0 amide bonds. The summed E-state index contributed by atoms with van der Waals surface area (Å²) in [7, 11) is 0. The van der Waals surface area contributed by atoms with Crippen molar-refractivity contribution < 1.29 is 0 Å². The highest BCUT2D eigenvalue weighted by Gasteiger charge is 2.16. The molecule has 0 aromatic heterocycles. The largest absolute Gasteiger partial charge is 0.398 e. The van der Waals surface area contributed by atoms with Gasteiger partial charge in [-0.05, 0) is 25.1 Å². The van der Waals surface area contributed by atoms with E-state index in [9.17, 15) is 0 Å². The van der Waals surface area contributed by atoms with Crippen molar-refractivity contribution in [2.45, 2.75) is 16.6 Å². The van der Waals surface area contributed by atoms with Crippen LogP contribution in [-0.4, -0.2) is 18.3 Å². The Balaban J connectivity index is 2.04. The van der Waals surface area contributed by atoms with Crippen molar-refractivity contribution in [2.24, 2.45) is 0 Å². The van der Waals surface area contributed by atoms with E-state index in [2.05, 4.69) is 11.4 Å². The van der Waals surface area contributed by atoms with Crippen molar-refractivity contribution in [3.8, 4) is 0 Å². The Morgan fingerprint density at radius 1 is 1.38 bits per heavy atom. The lowest BCUT2D eigenvalue weighted by atomic mass is 10.3. The second-order valence-corrected chi connectivity index (χ2v) is 4.61. The highest BCUT2D eigenvalue weighted by atomic mass is 32.2. The first-order valence-corrected chi connectivity index (χ1v) is 5.46. The van der Waals surface area contributed by atoms with E-state index in [0.29, 0.717) is 5.25 Å². The number of nitrogens with one attached hydrogen (secondary N) is 1. The third kappa shape index (κ3) is 2.17. The molecule has 1 saturated heterocycles. The molecule has 0 aliphatic carbocycles. The first kappa shape index (κ1) is 8.91. The van der Waals surface area contributed by atoms with E-state index in [-0.39, 0.29) is 0 Å². The maximum absolute atomic E-state index is 5.86. The molecule has 3 heteroatoms. The Kier molecular flexibility index (Phi) is 2.76. The maximum atomic E-state index is 5.86. The summed E-state index contributed by atoms with van der Waals surface area (Å²) < 4.78 is 0. The Bertz CT molecular complexity index is 282. The SMILES string of the molecule is Nc1ccccc1SC1CCNC1. The van der Waals surface area contributed by atoms with Crippen LogP contribution in [0.3, 0.4) is 0 Å². The van der Waals surface area contributed by atoms with Crippen molar-refractivity contribution >= 4 is 17.4 Å². The standard InChI is InChI=1S/C10H14N2S/c11-9-3-1-2-4-10(9)13-8-5-6-12-7-8/h1-4,8,12H,5-7,11H2. The van der Waals surface area contributed by atoms with E-state index in [1.807, 2.05) is 30.0 Å². The number of nitrogen functional groups attached to an aromatic ring is 1. The molecule has 1 heterocycles. The van der Waals surface area contributed by atoms with E-state index in [0.717, 1.165) is 18.8 Å². The third-order valence-electron chi connectivity index (χ3n) is 2.23. The predicted octanol–water partition coefficient (Wildman–Crippen LogP) is 1.72. The molecule has 0 radical (unpaired) electrons. The molecule has 70 valence electrons. The zero-order valence-electron chi connectivity index (χ0n) is 7.49. The van der Waals surface area contributed by atoms with Crippen LogP contribution in [0.25, 0.3) is 0 Å². The summed E-state index contributed by atoms with van der Waals surface area (Å²) in [6, 6.07) is 8.08. The van der Waals surface area contributed by atoms with Gasteiger partial charge >= 0.3 is 0 Å². The number of hydrogen-bond acceptors (Lipinski definition) is 3. The number of anilines is 1. The van der Waals surface area contributed by atoms with Gasteiger partial charge in [0.15, 0.2) is 0 Å². The van der Waals surface area contributed by atoms with E-state index in [1.165, 1.54) is 11.3 Å². The fraction of sp³-hybridized carbons (Fsp3) is 0.400. The molecular weight excluding hydrogens is 180 g/mol. The average Bonchev–Trinajstić information content (AvgIpc) is 2.61. The van der Waals surface area contributed by atoms with Crippen LogP contribution in [0.1, 0.15) is 6.42 Å². The number of benzene rings is 1. The van der Waals surface area contributed by atoms with Gasteiger partial charge in [0.25, 0.3) is 0 Å². The highest BCUT2D eigenvalue weighted by Crippen LogP contribution is 2.30. The van der Waals surface area contributed by atoms with E-state index < -0.39 is 0 Å². The predicted molar refractivity (Wildman–Crippen MR) is 58.0 cm³/mol. The van der Waals surface area contributed by atoms with E-state index in [1.54, 1.807) is 0 Å². The van der Waals surface area contributed by atoms with Gasteiger partial charge in [0, 0.05) is 22.4 Å². The van der Waals surface area contributed by atoms with Crippen molar-refractivity contribution in [2.75, 3.05) is 18.8 Å². The summed E-state index contributed by atoms with van der Waals surface area (Å²) in [6.07, 6.45) is 1.25. The van der Waals surface area contributed by atoms with Gasteiger partial charge in [0.05, 0.1) is 0 Å². The topological polar surface area (TPSA) is 38.0 Å². The van der Waals surface area contributed by atoms with Crippen LogP contribution in [0, 0.1) is 0 Å². The number of nitrogens with two attached hydrogens (primary N) is 1. The zero-order valence-corrected chi connectivity index (χ0v) is 8.31. The smallest absolute Gasteiger partial charge is 0.0452 e. The molecule has 1 aromatic rings. The van der Waals surface area contributed by atoms with Crippen LogP contribution in [0.2, 0.25) is 0 Å². The summed E-state index contributed by atoms with van der Waals surface area (Å²) in [5, 5.41) is 4.05. The van der Waals surface area contributed by atoms with Gasteiger partial charge in [0.1, 0.15) is 0 Å². The summed E-state index contributed by atoms with van der Waals surface area (Å²) in [4.78, 5) is 1.22. The van der Waals surface area contributed by atoms with Gasteiger partial charge in [-0.2, -0.15) is 0 Å². The number of hydrogen-bond donors (Lipinski definition) is 2. The third-order valence-corrected chi connectivity index (χ3v) is 3.59. The van der Waals surface area contributed by atoms with Crippen LogP contribution >= 0.6 is 11.8 Å². The molecule has 0 saturated carbocycles. The first-order valence-electron chi connectivity index (χ1n) is 4.58. The van der Waals surface area contributed by atoms with Crippen molar-refractivity contribution in [1.82, 2.24) is 5.32 Å². The minimum Gasteiger partial charge on any atom is -0.398 e. The molecular formula is C10H14N2S. The molecule has 2 nitrogen and oxygen atoms in total. The van der Waals surface area contributed by atoms with Gasteiger partial charge < -0.3 is 11.1 Å². The summed E-state index contributed by atoms with van der Waals surface area (Å²) in [5.41, 5.74) is 6.76.